The van der Waals surface area contributed by atoms with Crippen LogP contribution < -0.4 is 5.73 Å². The lowest BCUT2D eigenvalue weighted by molar-refractivity contribution is -0.147. The molecule has 1 aromatic rings. The van der Waals surface area contributed by atoms with E-state index in [1.54, 1.807) is 29.9 Å². The summed E-state index contributed by atoms with van der Waals surface area (Å²) >= 11 is 0. The second-order valence-corrected chi connectivity index (χ2v) is 2.96. The summed E-state index contributed by atoms with van der Waals surface area (Å²) in [5.74, 6) is 0. The summed E-state index contributed by atoms with van der Waals surface area (Å²) < 4.78 is 37.7. The number of hydrogen-bond donors (Lipinski definition) is 1. The maximum Gasteiger partial charge on any atom is 0.404 e. The number of rotatable bonds is 2. The van der Waals surface area contributed by atoms with Crippen LogP contribution in [0.1, 0.15) is 5.69 Å². The zero-order valence-electron chi connectivity index (χ0n) is 7.17. The van der Waals surface area contributed by atoms with Gasteiger partial charge in [-0.05, 0) is 12.1 Å². The molecule has 0 aliphatic heterocycles. The summed E-state index contributed by atoms with van der Waals surface area (Å²) in [6, 6.07) is 1.55. The van der Waals surface area contributed by atoms with E-state index in [1.165, 1.54) is 0 Å². The van der Waals surface area contributed by atoms with E-state index >= 15 is 0 Å². The van der Waals surface area contributed by atoms with E-state index in [4.69, 9.17) is 5.73 Å². The van der Waals surface area contributed by atoms with Crippen LogP contribution in [0.25, 0.3) is 0 Å². The number of alkyl halides is 3. The van der Waals surface area contributed by atoms with E-state index in [1.807, 2.05) is 0 Å². The lowest BCUT2D eigenvalue weighted by Crippen LogP contribution is -2.39. The molecule has 74 valence electrons. The maximum atomic E-state index is 12.0. The van der Waals surface area contributed by atoms with Crippen LogP contribution in [0.5, 0.6) is 0 Å². The lowest BCUT2D eigenvalue weighted by Gasteiger charge is -2.15. The molecule has 0 radical (unpaired) electrons. The lowest BCUT2D eigenvalue weighted by atomic mass is 10.1. The molecule has 2 N–H and O–H groups in total. The Labute approximate surface area is 74.1 Å². The van der Waals surface area contributed by atoms with Crippen molar-refractivity contribution in [2.45, 2.75) is 18.6 Å². The number of nitrogens with two attached hydrogens (primary N) is 1. The molecule has 0 saturated heterocycles. The SMILES string of the molecule is Cn1cccc1CC(N)C(F)(F)F. The fraction of sp³-hybridized carbons (Fsp3) is 0.500. The summed E-state index contributed by atoms with van der Waals surface area (Å²) in [6.07, 6.45) is -2.80. The Balaban J connectivity index is 2.65. The van der Waals surface area contributed by atoms with Crippen molar-refractivity contribution < 1.29 is 13.2 Å². The Morgan fingerprint density at radius 3 is 2.54 bits per heavy atom. The molecule has 0 aromatic carbocycles. The predicted octanol–water partition coefficient (Wildman–Crippen LogP) is 1.46. The molecule has 13 heavy (non-hydrogen) atoms. The first-order chi connectivity index (χ1) is 5.91. The Bertz CT molecular complexity index is 277. The normalized spacial score (nSPS) is 14.5. The van der Waals surface area contributed by atoms with Crippen LogP contribution in [-0.2, 0) is 13.5 Å². The van der Waals surface area contributed by atoms with Crippen LogP contribution in [0.3, 0.4) is 0 Å². The van der Waals surface area contributed by atoms with E-state index in [-0.39, 0.29) is 6.42 Å². The first kappa shape index (κ1) is 10.1. The average molecular weight is 192 g/mol. The molecule has 1 aromatic heterocycles. The Hall–Kier alpha value is -0.970. The molecular weight excluding hydrogens is 181 g/mol. The number of halogens is 3. The van der Waals surface area contributed by atoms with Crippen LogP contribution >= 0.6 is 0 Å². The van der Waals surface area contributed by atoms with Gasteiger partial charge in [-0.1, -0.05) is 0 Å². The molecule has 0 fully saturated rings. The molecule has 0 bridgehead atoms. The molecule has 1 unspecified atom stereocenters. The minimum absolute atomic E-state index is 0.174. The number of nitrogens with zero attached hydrogens (tertiary/aromatic N) is 1. The molecule has 0 spiro atoms. The second kappa shape index (κ2) is 3.41. The molecule has 1 rings (SSSR count). The second-order valence-electron chi connectivity index (χ2n) is 2.96. The van der Waals surface area contributed by atoms with Crippen molar-refractivity contribution in [2.75, 3.05) is 0 Å². The van der Waals surface area contributed by atoms with Gasteiger partial charge in [-0.3, -0.25) is 0 Å². The smallest absolute Gasteiger partial charge is 0.354 e. The molecule has 1 atom stereocenters. The first-order valence-corrected chi connectivity index (χ1v) is 3.84. The molecular formula is C8H11F3N2. The highest BCUT2D eigenvalue weighted by Gasteiger charge is 2.36. The van der Waals surface area contributed by atoms with Crippen molar-refractivity contribution in [3.05, 3.63) is 24.0 Å². The van der Waals surface area contributed by atoms with Gasteiger partial charge in [0.1, 0.15) is 6.04 Å². The number of hydrogen-bond acceptors (Lipinski definition) is 1. The van der Waals surface area contributed by atoms with Gasteiger partial charge in [-0.2, -0.15) is 13.2 Å². The van der Waals surface area contributed by atoms with Crippen molar-refractivity contribution >= 4 is 0 Å². The fourth-order valence-electron chi connectivity index (χ4n) is 1.05. The van der Waals surface area contributed by atoms with Gasteiger partial charge >= 0.3 is 6.18 Å². The zero-order chi connectivity index (χ0) is 10.1. The molecule has 5 heteroatoms. The third-order valence-corrected chi connectivity index (χ3v) is 1.90. The summed E-state index contributed by atoms with van der Waals surface area (Å²) in [4.78, 5) is 0. The van der Waals surface area contributed by atoms with Crippen LogP contribution in [0.2, 0.25) is 0 Å². The van der Waals surface area contributed by atoms with Gasteiger partial charge in [0.2, 0.25) is 0 Å². The minimum Gasteiger partial charge on any atom is -0.354 e. The Morgan fingerprint density at radius 2 is 2.15 bits per heavy atom. The van der Waals surface area contributed by atoms with Gasteiger partial charge in [-0.15, -0.1) is 0 Å². The third kappa shape index (κ3) is 2.48. The van der Waals surface area contributed by atoms with Gasteiger partial charge < -0.3 is 10.3 Å². The predicted molar refractivity (Wildman–Crippen MR) is 43.1 cm³/mol. The highest BCUT2D eigenvalue weighted by molar-refractivity contribution is 5.08. The van der Waals surface area contributed by atoms with Crippen molar-refractivity contribution in [2.24, 2.45) is 12.8 Å². The topological polar surface area (TPSA) is 30.9 Å². The van der Waals surface area contributed by atoms with Crippen molar-refractivity contribution in [1.29, 1.82) is 0 Å². The fourth-order valence-corrected chi connectivity index (χ4v) is 1.05. The summed E-state index contributed by atoms with van der Waals surface area (Å²) in [5, 5.41) is 0. The van der Waals surface area contributed by atoms with Crippen molar-refractivity contribution in [3.8, 4) is 0 Å². The van der Waals surface area contributed by atoms with Crippen LogP contribution in [0.15, 0.2) is 18.3 Å². The molecule has 1 heterocycles. The van der Waals surface area contributed by atoms with Gasteiger partial charge in [0, 0.05) is 25.4 Å². The molecule has 2 nitrogen and oxygen atoms in total. The minimum atomic E-state index is -4.32. The van der Waals surface area contributed by atoms with E-state index in [0.717, 1.165) is 0 Å². The standard InChI is InChI=1S/C8H11F3N2/c1-13-4-2-3-6(13)5-7(12)8(9,10)11/h2-4,7H,5,12H2,1H3. The molecule has 0 aliphatic carbocycles. The van der Waals surface area contributed by atoms with E-state index in [0.29, 0.717) is 5.69 Å². The van der Waals surface area contributed by atoms with Crippen LogP contribution in [0.4, 0.5) is 13.2 Å². The zero-order valence-corrected chi connectivity index (χ0v) is 7.17. The van der Waals surface area contributed by atoms with Crippen LogP contribution in [-0.4, -0.2) is 16.8 Å². The van der Waals surface area contributed by atoms with Gasteiger partial charge in [0.25, 0.3) is 0 Å². The van der Waals surface area contributed by atoms with Gasteiger partial charge in [0.05, 0.1) is 0 Å². The summed E-state index contributed by atoms with van der Waals surface area (Å²) in [7, 11) is 1.69. The van der Waals surface area contributed by atoms with E-state index in [9.17, 15) is 13.2 Å². The highest BCUT2D eigenvalue weighted by atomic mass is 19.4. The summed E-state index contributed by atoms with van der Waals surface area (Å²) in [5.41, 5.74) is 5.56. The van der Waals surface area contributed by atoms with Crippen molar-refractivity contribution in [3.63, 3.8) is 0 Å². The quantitative estimate of drug-likeness (QED) is 0.755. The number of aromatic nitrogens is 1. The van der Waals surface area contributed by atoms with Gasteiger partial charge in [0.15, 0.2) is 0 Å². The average Bonchev–Trinajstić information content (AvgIpc) is 2.34. The first-order valence-electron chi connectivity index (χ1n) is 3.84. The molecule has 0 saturated carbocycles. The van der Waals surface area contributed by atoms with E-state index < -0.39 is 12.2 Å². The largest absolute Gasteiger partial charge is 0.404 e. The van der Waals surface area contributed by atoms with Crippen molar-refractivity contribution in [1.82, 2.24) is 4.57 Å². The van der Waals surface area contributed by atoms with Gasteiger partial charge in [-0.25, -0.2) is 0 Å². The molecule has 0 aliphatic rings. The summed E-state index contributed by atoms with van der Waals surface area (Å²) in [6.45, 7) is 0. The Kier molecular flexibility index (Phi) is 2.66. The highest BCUT2D eigenvalue weighted by Crippen LogP contribution is 2.21. The van der Waals surface area contributed by atoms with E-state index in [2.05, 4.69) is 0 Å². The maximum absolute atomic E-state index is 12.0. The number of aryl methyl sites for hydroxylation is 1. The molecule has 0 amide bonds. The van der Waals surface area contributed by atoms with Crippen LogP contribution in [0, 0.1) is 0 Å². The monoisotopic (exact) mass is 192 g/mol. The third-order valence-electron chi connectivity index (χ3n) is 1.90. The Morgan fingerprint density at radius 1 is 1.54 bits per heavy atom.